The molecule has 0 radical (unpaired) electrons. The lowest BCUT2D eigenvalue weighted by Crippen LogP contribution is -2.48. The first-order valence-electron chi connectivity index (χ1n) is 9.29. The van der Waals surface area contributed by atoms with Crippen molar-refractivity contribution >= 4 is 5.91 Å². The molecule has 3 rings (SSSR count). The number of nitrogens with zero attached hydrogens (tertiary/aromatic N) is 1. The smallest absolute Gasteiger partial charge is 0.251 e. The Morgan fingerprint density at radius 2 is 2.00 bits per heavy atom. The summed E-state index contributed by atoms with van der Waals surface area (Å²) in [5.41, 5.74) is 1.42. The quantitative estimate of drug-likeness (QED) is 0.892. The minimum absolute atomic E-state index is 0.0427. The van der Waals surface area contributed by atoms with Gasteiger partial charge in [0.25, 0.3) is 5.91 Å². The molecule has 1 aliphatic carbocycles. The lowest BCUT2D eigenvalue weighted by molar-refractivity contribution is -0.0628. The number of likely N-dealkylation sites (tertiary alicyclic amines) is 1. The molecule has 0 spiro atoms. The highest BCUT2D eigenvalue weighted by atomic mass is 16.3. The zero-order chi connectivity index (χ0) is 17.2. The number of carbonyl (C=O) groups excluding carboxylic acids is 1. The van der Waals surface area contributed by atoms with E-state index in [0.717, 1.165) is 32.4 Å². The summed E-state index contributed by atoms with van der Waals surface area (Å²) in [6.45, 7) is 4.05. The van der Waals surface area contributed by atoms with Gasteiger partial charge in [-0.1, -0.05) is 25.0 Å². The maximum Gasteiger partial charge on any atom is 0.251 e. The molecule has 24 heavy (non-hydrogen) atoms. The summed E-state index contributed by atoms with van der Waals surface area (Å²) >= 11 is 0. The van der Waals surface area contributed by atoms with E-state index in [-0.39, 0.29) is 5.91 Å². The molecule has 2 aliphatic rings. The second-order valence-corrected chi connectivity index (χ2v) is 7.67. The summed E-state index contributed by atoms with van der Waals surface area (Å²) in [6, 6.07) is 8.39. The van der Waals surface area contributed by atoms with Gasteiger partial charge in [-0.25, -0.2) is 0 Å². The predicted octanol–water partition coefficient (Wildman–Crippen LogP) is 2.95. The van der Waals surface area contributed by atoms with Crippen LogP contribution in [-0.2, 0) is 6.54 Å². The first-order chi connectivity index (χ1) is 11.5. The summed E-state index contributed by atoms with van der Waals surface area (Å²) in [6.07, 6.45) is 6.88. The van der Waals surface area contributed by atoms with Crippen molar-refractivity contribution in [3.05, 3.63) is 35.4 Å². The number of hydrogen-bond donors (Lipinski definition) is 2. The van der Waals surface area contributed by atoms with Gasteiger partial charge in [0.1, 0.15) is 0 Å². The third-order valence-corrected chi connectivity index (χ3v) is 5.95. The summed E-state index contributed by atoms with van der Waals surface area (Å²) < 4.78 is 0. The Hall–Kier alpha value is -1.39. The summed E-state index contributed by atoms with van der Waals surface area (Å²) in [5.74, 6) is 0.345. The molecule has 4 heteroatoms. The summed E-state index contributed by atoms with van der Waals surface area (Å²) in [5, 5.41) is 13.5. The van der Waals surface area contributed by atoms with E-state index in [0.29, 0.717) is 17.5 Å². The number of amides is 1. The topological polar surface area (TPSA) is 52.6 Å². The molecular formula is C20H30N2O2. The maximum absolute atomic E-state index is 11.7. The fraction of sp³-hybridized carbons (Fsp3) is 0.650. The molecule has 3 unspecified atom stereocenters. The van der Waals surface area contributed by atoms with E-state index in [4.69, 9.17) is 0 Å². The van der Waals surface area contributed by atoms with Crippen molar-refractivity contribution in [3.63, 3.8) is 0 Å². The van der Waals surface area contributed by atoms with Crippen LogP contribution >= 0.6 is 0 Å². The van der Waals surface area contributed by atoms with Crippen LogP contribution in [-0.4, -0.2) is 41.1 Å². The SMILES string of the molecule is CNC(=O)c1ccc(CN2CCCC2C2CCCCC2(C)O)cc1. The van der Waals surface area contributed by atoms with E-state index in [1.54, 1.807) is 7.05 Å². The minimum atomic E-state index is -0.519. The summed E-state index contributed by atoms with van der Waals surface area (Å²) in [7, 11) is 1.65. The molecule has 1 aliphatic heterocycles. The fourth-order valence-electron chi connectivity index (χ4n) is 4.59. The van der Waals surface area contributed by atoms with E-state index < -0.39 is 5.60 Å². The predicted molar refractivity (Wildman–Crippen MR) is 95.8 cm³/mol. The highest BCUT2D eigenvalue weighted by Crippen LogP contribution is 2.41. The van der Waals surface area contributed by atoms with Crippen LogP contribution in [0.25, 0.3) is 0 Å². The molecule has 1 saturated heterocycles. The van der Waals surface area contributed by atoms with Gasteiger partial charge >= 0.3 is 0 Å². The van der Waals surface area contributed by atoms with E-state index in [9.17, 15) is 9.90 Å². The highest BCUT2D eigenvalue weighted by molar-refractivity contribution is 5.93. The zero-order valence-corrected chi connectivity index (χ0v) is 14.9. The summed E-state index contributed by atoms with van der Waals surface area (Å²) in [4.78, 5) is 14.2. The largest absolute Gasteiger partial charge is 0.390 e. The average molecular weight is 330 g/mol. The molecule has 2 fully saturated rings. The molecule has 1 aromatic rings. The van der Waals surface area contributed by atoms with E-state index in [1.807, 2.05) is 19.1 Å². The molecule has 1 aromatic carbocycles. The Bertz CT molecular complexity index is 568. The first-order valence-corrected chi connectivity index (χ1v) is 9.29. The second kappa shape index (κ2) is 7.24. The van der Waals surface area contributed by atoms with Crippen molar-refractivity contribution in [3.8, 4) is 0 Å². The van der Waals surface area contributed by atoms with Crippen molar-refractivity contribution in [1.29, 1.82) is 0 Å². The molecule has 4 nitrogen and oxygen atoms in total. The maximum atomic E-state index is 11.7. The van der Waals surface area contributed by atoms with Crippen molar-refractivity contribution in [1.82, 2.24) is 10.2 Å². The van der Waals surface area contributed by atoms with Gasteiger partial charge in [0, 0.05) is 31.1 Å². The molecule has 132 valence electrons. The number of rotatable bonds is 4. The minimum Gasteiger partial charge on any atom is -0.390 e. The average Bonchev–Trinajstić information content (AvgIpc) is 3.02. The molecule has 3 atom stereocenters. The van der Waals surface area contributed by atoms with Crippen LogP contribution in [0.4, 0.5) is 0 Å². The van der Waals surface area contributed by atoms with Crippen molar-refractivity contribution < 1.29 is 9.90 Å². The monoisotopic (exact) mass is 330 g/mol. The van der Waals surface area contributed by atoms with Crippen LogP contribution in [0.5, 0.6) is 0 Å². The Balaban J connectivity index is 1.68. The van der Waals surface area contributed by atoms with Crippen LogP contribution in [0.1, 0.15) is 61.4 Å². The van der Waals surface area contributed by atoms with Crippen molar-refractivity contribution in [2.24, 2.45) is 5.92 Å². The zero-order valence-electron chi connectivity index (χ0n) is 14.9. The number of hydrogen-bond acceptors (Lipinski definition) is 3. The Labute approximate surface area is 145 Å². The lowest BCUT2D eigenvalue weighted by atomic mass is 9.72. The van der Waals surface area contributed by atoms with Gasteiger partial charge in [-0.3, -0.25) is 9.69 Å². The lowest BCUT2D eigenvalue weighted by Gasteiger charge is -2.43. The number of aliphatic hydroxyl groups is 1. The number of nitrogens with one attached hydrogen (secondary N) is 1. The van der Waals surface area contributed by atoms with Crippen molar-refractivity contribution in [2.45, 2.75) is 63.6 Å². The van der Waals surface area contributed by atoms with Crippen molar-refractivity contribution in [2.75, 3.05) is 13.6 Å². The standard InChI is InChI=1S/C20H30N2O2/c1-20(24)12-4-3-6-17(20)18-7-5-13-22(18)14-15-8-10-16(11-9-15)19(23)21-2/h8-11,17-18,24H,3-7,12-14H2,1-2H3,(H,21,23). The van der Waals surface area contributed by atoms with Gasteiger partial charge in [-0.05, 0) is 56.8 Å². The Morgan fingerprint density at radius 3 is 2.67 bits per heavy atom. The van der Waals surface area contributed by atoms with E-state index in [1.165, 1.54) is 24.8 Å². The molecule has 0 aromatic heterocycles. The first kappa shape index (κ1) is 17.4. The molecule has 1 heterocycles. The highest BCUT2D eigenvalue weighted by Gasteiger charge is 2.43. The number of benzene rings is 1. The normalized spacial score (nSPS) is 31.1. The van der Waals surface area contributed by atoms with Gasteiger partial charge in [0.15, 0.2) is 0 Å². The van der Waals surface area contributed by atoms with Gasteiger partial charge < -0.3 is 10.4 Å². The van der Waals surface area contributed by atoms with E-state index in [2.05, 4.69) is 22.3 Å². The third kappa shape index (κ3) is 3.65. The second-order valence-electron chi connectivity index (χ2n) is 7.67. The molecule has 0 bridgehead atoms. The van der Waals surface area contributed by atoms with Crippen LogP contribution in [0.3, 0.4) is 0 Å². The fourth-order valence-corrected chi connectivity index (χ4v) is 4.59. The molecule has 2 N–H and O–H groups in total. The van der Waals surface area contributed by atoms with Crippen LogP contribution in [0.15, 0.2) is 24.3 Å². The molecule has 1 saturated carbocycles. The molecular weight excluding hydrogens is 300 g/mol. The van der Waals surface area contributed by atoms with Crippen LogP contribution in [0, 0.1) is 5.92 Å². The van der Waals surface area contributed by atoms with Gasteiger partial charge in [0.05, 0.1) is 5.60 Å². The molecule has 1 amide bonds. The van der Waals surface area contributed by atoms with Crippen LogP contribution in [0.2, 0.25) is 0 Å². The van der Waals surface area contributed by atoms with Gasteiger partial charge in [-0.2, -0.15) is 0 Å². The Kier molecular flexibility index (Phi) is 5.26. The van der Waals surface area contributed by atoms with Gasteiger partial charge in [-0.15, -0.1) is 0 Å². The van der Waals surface area contributed by atoms with Gasteiger partial charge in [0.2, 0.25) is 0 Å². The third-order valence-electron chi connectivity index (χ3n) is 5.95. The Morgan fingerprint density at radius 1 is 1.25 bits per heavy atom. The van der Waals surface area contributed by atoms with Crippen LogP contribution < -0.4 is 5.32 Å². The van der Waals surface area contributed by atoms with E-state index >= 15 is 0 Å². The number of carbonyl (C=O) groups is 1.